The van der Waals surface area contributed by atoms with Crippen LogP contribution in [0.2, 0.25) is 0 Å². The average molecular weight is 137 g/mol. The van der Waals surface area contributed by atoms with Gasteiger partial charge in [0.1, 0.15) is 6.61 Å². The highest BCUT2D eigenvalue weighted by atomic mass is 16.5. The quantitative estimate of drug-likeness (QED) is 0.500. The van der Waals surface area contributed by atoms with E-state index in [1.54, 1.807) is 19.5 Å². The Morgan fingerprint density at radius 3 is 3.20 bits per heavy atom. The molecule has 0 bridgehead atoms. The molecule has 0 saturated carbocycles. The number of rotatable bonds is 1. The van der Waals surface area contributed by atoms with Gasteiger partial charge in [0.2, 0.25) is 0 Å². The second kappa shape index (κ2) is 3.64. The summed E-state index contributed by atoms with van der Waals surface area (Å²) in [6.07, 6.45) is 3.24. The van der Waals surface area contributed by atoms with Crippen molar-refractivity contribution in [2.24, 2.45) is 0 Å². The molecule has 0 aliphatic heterocycles. The molecular formula is C6H7N3O. The molecule has 0 aliphatic carbocycles. The molecule has 1 rings (SSSR count). The highest BCUT2D eigenvalue weighted by Gasteiger charge is 1.78. The van der Waals surface area contributed by atoms with Crippen molar-refractivity contribution < 1.29 is 4.74 Å². The number of methoxy groups -OCH3 is 1. The molecule has 0 amide bonds. The highest BCUT2D eigenvalue weighted by Crippen LogP contribution is 1.72. The van der Waals surface area contributed by atoms with Crippen molar-refractivity contribution in [1.29, 1.82) is 0 Å². The van der Waals surface area contributed by atoms with E-state index >= 15 is 0 Å². The predicted molar refractivity (Wildman–Crippen MR) is 35.1 cm³/mol. The van der Waals surface area contributed by atoms with Crippen molar-refractivity contribution >= 4 is 0 Å². The van der Waals surface area contributed by atoms with Crippen molar-refractivity contribution in [3.8, 4) is 12.0 Å². The maximum atomic E-state index is 4.70. The average Bonchev–Trinajstić information content (AvgIpc) is 2.41. The number of hydrogen-bond acceptors (Lipinski definition) is 3. The summed E-state index contributed by atoms with van der Waals surface area (Å²) in [7, 11) is 1.59. The van der Waals surface area contributed by atoms with Crippen LogP contribution >= 0.6 is 0 Å². The summed E-state index contributed by atoms with van der Waals surface area (Å²) in [5, 5.41) is 7.20. The Morgan fingerprint density at radius 2 is 2.60 bits per heavy atom. The van der Waals surface area contributed by atoms with E-state index in [2.05, 4.69) is 22.3 Å². The van der Waals surface area contributed by atoms with Crippen LogP contribution in [0.15, 0.2) is 12.4 Å². The molecule has 0 unspecified atom stereocenters. The molecule has 0 aliphatic rings. The molecule has 1 heterocycles. The molecular weight excluding hydrogens is 130 g/mol. The second-order valence-electron chi connectivity index (χ2n) is 1.57. The van der Waals surface area contributed by atoms with E-state index in [0.717, 1.165) is 0 Å². The molecule has 0 fully saturated rings. The van der Waals surface area contributed by atoms with Gasteiger partial charge in [-0.1, -0.05) is 5.21 Å². The lowest BCUT2D eigenvalue weighted by atomic mass is 10.7. The molecule has 1 aromatic heterocycles. The fourth-order valence-corrected chi connectivity index (χ4v) is 0.453. The first-order valence-electron chi connectivity index (χ1n) is 2.77. The first kappa shape index (κ1) is 6.78. The van der Waals surface area contributed by atoms with Crippen LogP contribution in [0, 0.1) is 12.0 Å². The van der Waals surface area contributed by atoms with Gasteiger partial charge in [-0.3, -0.25) is 0 Å². The molecule has 0 saturated heterocycles. The van der Waals surface area contributed by atoms with Gasteiger partial charge in [0.25, 0.3) is 0 Å². The zero-order valence-corrected chi connectivity index (χ0v) is 5.61. The Labute approximate surface area is 58.8 Å². The third kappa shape index (κ3) is 1.88. The van der Waals surface area contributed by atoms with E-state index in [1.807, 2.05) is 0 Å². The normalized spacial score (nSPS) is 8.50. The molecule has 4 nitrogen and oxygen atoms in total. The van der Waals surface area contributed by atoms with E-state index in [1.165, 1.54) is 4.68 Å². The van der Waals surface area contributed by atoms with Crippen LogP contribution in [0.3, 0.4) is 0 Å². The van der Waals surface area contributed by atoms with Gasteiger partial charge in [-0.25, -0.2) is 0 Å². The molecule has 10 heavy (non-hydrogen) atoms. The first-order valence-corrected chi connectivity index (χ1v) is 2.77. The van der Waals surface area contributed by atoms with Crippen LogP contribution in [0.5, 0.6) is 0 Å². The molecule has 1 aromatic rings. The molecule has 0 N–H and O–H groups in total. The van der Waals surface area contributed by atoms with Crippen LogP contribution in [0.25, 0.3) is 0 Å². The lowest BCUT2D eigenvalue weighted by Crippen LogP contribution is -1.90. The van der Waals surface area contributed by atoms with Crippen molar-refractivity contribution in [3.63, 3.8) is 0 Å². The Bertz CT molecular complexity index is 231. The fraction of sp³-hybridized carbons (Fsp3) is 0.333. The Hall–Kier alpha value is -1.34. The van der Waals surface area contributed by atoms with Crippen molar-refractivity contribution in [2.75, 3.05) is 13.7 Å². The standard InChI is InChI=1S/C6H7N3O/c1-10-6-2-4-9-5-3-7-8-9/h3,5H,6H2,1H3. The summed E-state index contributed by atoms with van der Waals surface area (Å²) >= 11 is 0. The van der Waals surface area contributed by atoms with Crippen LogP contribution < -0.4 is 0 Å². The van der Waals surface area contributed by atoms with Crippen molar-refractivity contribution in [2.45, 2.75) is 0 Å². The van der Waals surface area contributed by atoms with E-state index in [-0.39, 0.29) is 0 Å². The Balaban J connectivity index is 2.49. The van der Waals surface area contributed by atoms with Gasteiger partial charge in [0.15, 0.2) is 0 Å². The molecule has 4 heteroatoms. The largest absolute Gasteiger partial charge is 0.372 e. The van der Waals surface area contributed by atoms with E-state index in [9.17, 15) is 0 Å². The number of hydrogen-bond donors (Lipinski definition) is 0. The first-order chi connectivity index (χ1) is 4.93. The number of ether oxygens (including phenoxy) is 1. The van der Waals surface area contributed by atoms with Crippen molar-refractivity contribution in [1.82, 2.24) is 15.0 Å². The maximum Gasteiger partial charge on any atom is 0.109 e. The minimum Gasteiger partial charge on any atom is -0.372 e. The summed E-state index contributed by atoms with van der Waals surface area (Å²) in [5.74, 6) is 2.73. The minimum absolute atomic E-state index is 0.417. The fourth-order valence-electron chi connectivity index (χ4n) is 0.453. The van der Waals surface area contributed by atoms with Crippen LogP contribution in [0.1, 0.15) is 0 Å². The zero-order chi connectivity index (χ0) is 7.23. The van der Waals surface area contributed by atoms with Crippen LogP contribution in [-0.2, 0) is 4.74 Å². The van der Waals surface area contributed by atoms with Gasteiger partial charge >= 0.3 is 0 Å². The van der Waals surface area contributed by atoms with Crippen LogP contribution in [0.4, 0.5) is 0 Å². The van der Waals surface area contributed by atoms with Crippen molar-refractivity contribution in [3.05, 3.63) is 12.4 Å². The minimum atomic E-state index is 0.417. The monoisotopic (exact) mass is 137 g/mol. The summed E-state index contributed by atoms with van der Waals surface area (Å²) in [4.78, 5) is 0. The Morgan fingerprint density at radius 1 is 1.70 bits per heavy atom. The second-order valence-corrected chi connectivity index (χ2v) is 1.57. The lowest BCUT2D eigenvalue weighted by Gasteiger charge is -1.82. The Kier molecular flexibility index (Phi) is 2.47. The maximum absolute atomic E-state index is 4.70. The molecule has 52 valence electrons. The molecule has 0 spiro atoms. The van der Waals surface area contributed by atoms with Gasteiger partial charge in [-0.05, 0) is 5.92 Å². The molecule has 0 atom stereocenters. The summed E-state index contributed by atoms with van der Waals surface area (Å²) in [6.45, 7) is 0.417. The van der Waals surface area contributed by atoms with E-state index < -0.39 is 0 Å². The number of aromatic nitrogens is 3. The third-order valence-electron chi connectivity index (χ3n) is 0.833. The van der Waals surface area contributed by atoms with E-state index in [0.29, 0.717) is 6.61 Å². The van der Waals surface area contributed by atoms with Gasteiger partial charge in [0.05, 0.1) is 12.4 Å². The van der Waals surface area contributed by atoms with Gasteiger partial charge < -0.3 is 4.74 Å². The lowest BCUT2D eigenvalue weighted by molar-refractivity contribution is 0.239. The van der Waals surface area contributed by atoms with Gasteiger partial charge in [-0.2, -0.15) is 4.68 Å². The van der Waals surface area contributed by atoms with Gasteiger partial charge in [0, 0.05) is 13.2 Å². The predicted octanol–water partition coefficient (Wildman–Crippen LogP) is -0.267. The summed E-state index contributed by atoms with van der Waals surface area (Å²) < 4.78 is 6.13. The zero-order valence-electron chi connectivity index (χ0n) is 5.61. The third-order valence-corrected chi connectivity index (χ3v) is 0.833. The summed E-state index contributed by atoms with van der Waals surface area (Å²) in [5.41, 5.74) is 0. The smallest absolute Gasteiger partial charge is 0.109 e. The number of nitrogens with zero attached hydrogens (tertiary/aromatic N) is 3. The molecule has 0 radical (unpaired) electrons. The SMILES string of the molecule is COCC#Cn1ccnn1. The topological polar surface area (TPSA) is 39.9 Å². The highest BCUT2D eigenvalue weighted by molar-refractivity contribution is 4.99. The van der Waals surface area contributed by atoms with E-state index in [4.69, 9.17) is 4.74 Å². The molecule has 0 aromatic carbocycles. The van der Waals surface area contributed by atoms with Crippen LogP contribution in [-0.4, -0.2) is 28.7 Å². The van der Waals surface area contributed by atoms with Gasteiger partial charge in [-0.15, -0.1) is 5.10 Å². The summed E-state index contributed by atoms with van der Waals surface area (Å²) in [6, 6.07) is 2.69.